The third-order valence-corrected chi connectivity index (χ3v) is 4.45. The second kappa shape index (κ2) is 8.05. The minimum Gasteiger partial charge on any atom is -0.324 e. The van der Waals surface area contributed by atoms with Crippen LogP contribution >= 0.6 is 0 Å². The summed E-state index contributed by atoms with van der Waals surface area (Å²) < 4.78 is 1.04. The molecule has 1 heterocycles. The number of nitrogens with one attached hydrogen (secondary N) is 1. The van der Waals surface area contributed by atoms with Crippen LogP contribution in [0, 0.1) is 30.9 Å². The minimum atomic E-state index is -0.501. The Labute approximate surface area is 167 Å². The second-order valence-corrected chi connectivity index (χ2v) is 6.84. The van der Waals surface area contributed by atoms with Gasteiger partial charge >= 0.3 is 0 Å². The summed E-state index contributed by atoms with van der Waals surface area (Å²) in [4.78, 5) is 35.1. The first kappa shape index (κ1) is 19.9. The first-order valence-electron chi connectivity index (χ1n) is 8.95. The van der Waals surface area contributed by atoms with Crippen LogP contribution in [-0.2, 0) is 11.3 Å². The molecule has 1 aromatic heterocycles. The monoisotopic (exact) mass is 392 g/mol. The van der Waals surface area contributed by atoms with E-state index in [4.69, 9.17) is 0 Å². The van der Waals surface area contributed by atoms with Crippen molar-refractivity contribution in [3.05, 3.63) is 85.7 Å². The quantitative estimate of drug-likeness (QED) is 0.529. The molecule has 0 saturated carbocycles. The van der Waals surface area contributed by atoms with Gasteiger partial charge in [-0.05, 0) is 38.0 Å². The van der Waals surface area contributed by atoms with E-state index >= 15 is 0 Å². The minimum absolute atomic E-state index is 0.0786. The van der Waals surface area contributed by atoms with E-state index in [0.29, 0.717) is 16.9 Å². The summed E-state index contributed by atoms with van der Waals surface area (Å²) in [7, 11) is 0. The number of hydrogen-bond acceptors (Lipinski definition) is 5. The third kappa shape index (κ3) is 4.55. The molecule has 1 amide bonds. The van der Waals surface area contributed by atoms with Gasteiger partial charge in [0.15, 0.2) is 0 Å². The maximum atomic E-state index is 12.5. The molecule has 0 bridgehead atoms. The Morgan fingerprint density at radius 3 is 2.45 bits per heavy atom. The van der Waals surface area contributed by atoms with Crippen molar-refractivity contribution in [3.8, 4) is 11.3 Å². The standard InChI is InChI=1S/C21H20N4O4/c1-13-9-14(2)21(15(3)10-13)22-19(26)12-24-20(27)8-7-18(23-24)16-5-4-6-17(11-16)25(28)29/h4-11H,12H2,1-3H3,(H,22,26). The number of benzene rings is 2. The van der Waals surface area contributed by atoms with E-state index in [0.717, 1.165) is 21.4 Å². The Morgan fingerprint density at radius 2 is 1.79 bits per heavy atom. The van der Waals surface area contributed by atoms with Crippen LogP contribution in [0.25, 0.3) is 11.3 Å². The predicted octanol–water partition coefficient (Wildman–Crippen LogP) is 3.38. The van der Waals surface area contributed by atoms with Crippen LogP contribution in [0.5, 0.6) is 0 Å². The van der Waals surface area contributed by atoms with Crippen molar-refractivity contribution in [1.82, 2.24) is 9.78 Å². The first-order valence-corrected chi connectivity index (χ1v) is 8.95. The van der Waals surface area contributed by atoms with Gasteiger partial charge in [0.05, 0.1) is 10.6 Å². The fourth-order valence-electron chi connectivity index (χ4n) is 3.19. The Hall–Kier alpha value is -3.81. The molecule has 148 valence electrons. The van der Waals surface area contributed by atoms with Crippen LogP contribution in [0.15, 0.2) is 53.3 Å². The summed E-state index contributed by atoms with van der Waals surface area (Å²) in [5.41, 5.74) is 4.01. The normalized spacial score (nSPS) is 10.6. The molecule has 29 heavy (non-hydrogen) atoms. The topological polar surface area (TPSA) is 107 Å². The van der Waals surface area contributed by atoms with Crippen LogP contribution in [0.1, 0.15) is 16.7 Å². The fraction of sp³-hybridized carbons (Fsp3) is 0.190. The van der Waals surface area contributed by atoms with Crippen molar-refractivity contribution in [2.75, 3.05) is 5.32 Å². The van der Waals surface area contributed by atoms with Gasteiger partial charge in [0.2, 0.25) is 5.91 Å². The number of hydrogen-bond donors (Lipinski definition) is 1. The molecule has 0 saturated heterocycles. The highest BCUT2D eigenvalue weighted by Gasteiger charge is 2.13. The number of nitro benzene ring substituents is 1. The van der Waals surface area contributed by atoms with E-state index in [-0.39, 0.29) is 18.1 Å². The SMILES string of the molecule is Cc1cc(C)c(NC(=O)Cn2nc(-c3cccc([N+](=O)[O-])c3)ccc2=O)c(C)c1. The number of rotatable bonds is 5. The molecule has 8 nitrogen and oxygen atoms in total. The number of aromatic nitrogens is 2. The number of amides is 1. The number of aryl methyl sites for hydroxylation is 3. The van der Waals surface area contributed by atoms with E-state index < -0.39 is 10.5 Å². The van der Waals surface area contributed by atoms with Crippen LogP contribution < -0.4 is 10.9 Å². The number of nitro groups is 1. The first-order chi connectivity index (χ1) is 13.7. The lowest BCUT2D eigenvalue weighted by molar-refractivity contribution is -0.384. The van der Waals surface area contributed by atoms with Crippen LogP contribution in [-0.4, -0.2) is 20.6 Å². The maximum absolute atomic E-state index is 12.5. The van der Waals surface area contributed by atoms with Crippen molar-refractivity contribution in [1.29, 1.82) is 0 Å². The highest BCUT2D eigenvalue weighted by atomic mass is 16.6. The fourth-order valence-corrected chi connectivity index (χ4v) is 3.19. The summed E-state index contributed by atoms with van der Waals surface area (Å²) in [6, 6.07) is 12.6. The molecule has 1 N–H and O–H groups in total. The summed E-state index contributed by atoms with van der Waals surface area (Å²) in [6.45, 7) is 5.52. The summed E-state index contributed by atoms with van der Waals surface area (Å²) in [5, 5.41) is 18.0. The molecule has 0 radical (unpaired) electrons. The zero-order valence-electron chi connectivity index (χ0n) is 16.3. The van der Waals surface area contributed by atoms with Gasteiger partial charge in [0, 0.05) is 29.4 Å². The molecule has 3 rings (SSSR count). The average molecular weight is 392 g/mol. The molecular formula is C21H20N4O4. The lowest BCUT2D eigenvalue weighted by Crippen LogP contribution is -2.29. The smallest absolute Gasteiger partial charge is 0.270 e. The molecule has 0 aliphatic carbocycles. The molecule has 0 unspecified atom stereocenters. The van der Waals surface area contributed by atoms with Gasteiger partial charge in [-0.3, -0.25) is 19.7 Å². The largest absolute Gasteiger partial charge is 0.324 e. The third-order valence-electron chi connectivity index (χ3n) is 4.45. The predicted molar refractivity (Wildman–Crippen MR) is 110 cm³/mol. The van der Waals surface area contributed by atoms with E-state index in [1.807, 2.05) is 32.9 Å². The van der Waals surface area contributed by atoms with Crippen LogP contribution in [0.2, 0.25) is 0 Å². The number of carbonyl (C=O) groups excluding carboxylic acids is 1. The van der Waals surface area contributed by atoms with E-state index in [1.54, 1.807) is 12.1 Å². The number of non-ortho nitro benzene ring substituents is 1. The number of nitrogens with zero attached hydrogens (tertiary/aromatic N) is 3. The van der Waals surface area contributed by atoms with Crippen molar-refractivity contribution in [3.63, 3.8) is 0 Å². The van der Waals surface area contributed by atoms with Gasteiger partial charge in [-0.15, -0.1) is 0 Å². The molecule has 0 aliphatic heterocycles. The van der Waals surface area contributed by atoms with E-state index in [2.05, 4.69) is 10.4 Å². The van der Waals surface area contributed by atoms with E-state index in [9.17, 15) is 19.7 Å². The van der Waals surface area contributed by atoms with E-state index in [1.165, 1.54) is 24.3 Å². The molecule has 0 fully saturated rings. The Balaban J connectivity index is 1.86. The molecule has 0 spiro atoms. The highest BCUT2D eigenvalue weighted by Crippen LogP contribution is 2.23. The van der Waals surface area contributed by atoms with Gasteiger partial charge in [-0.1, -0.05) is 29.8 Å². The molecule has 0 aliphatic rings. The van der Waals surface area contributed by atoms with Crippen LogP contribution in [0.3, 0.4) is 0 Å². The van der Waals surface area contributed by atoms with Gasteiger partial charge in [0.25, 0.3) is 11.2 Å². The Bertz CT molecular complexity index is 1140. The van der Waals surface area contributed by atoms with Crippen LogP contribution in [0.4, 0.5) is 11.4 Å². The van der Waals surface area contributed by atoms with Crippen molar-refractivity contribution >= 4 is 17.3 Å². The van der Waals surface area contributed by atoms with Gasteiger partial charge in [-0.2, -0.15) is 5.10 Å². The molecule has 0 atom stereocenters. The summed E-state index contributed by atoms with van der Waals surface area (Å²) in [5.74, 6) is -0.383. The second-order valence-electron chi connectivity index (χ2n) is 6.84. The molecule has 2 aromatic carbocycles. The Kier molecular flexibility index (Phi) is 5.54. The maximum Gasteiger partial charge on any atom is 0.270 e. The zero-order valence-corrected chi connectivity index (χ0v) is 16.3. The van der Waals surface area contributed by atoms with Crippen molar-refractivity contribution < 1.29 is 9.72 Å². The van der Waals surface area contributed by atoms with Crippen molar-refractivity contribution in [2.45, 2.75) is 27.3 Å². The van der Waals surface area contributed by atoms with Crippen molar-refractivity contribution in [2.24, 2.45) is 0 Å². The average Bonchev–Trinajstić information content (AvgIpc) is 2.66. The molecule has 3 aromatic rings. The number of carbonyl (C=O) groups is 1. The van der Waals surface area contributed by atoms with Gasteiger partial charge < -0.3 is 5.32 Å². The lowest BCUT2D eigenvalue weighted by Gasteiger charge is -2.13. The highest BCUT2D eigenvalue weighted by molar-refractivity contribution is 5.92. The van der Waals surface area contributed by atoms with Gasteiger partial charge in [0.1, 0.15) is 6.54 Å². The summed E-state index contributed by atoms with van der Waals surface area (Å²) >= 11 is 0. The lowest BCUT2D eigenvalue weighted by atomic mass is 10.1. The zero-order chi connectivity index (χ0) is 21.1. The number of anilines is 1. The Morgan fingerprint density at radius 1 is 1.10 bits per heavy atom. The summed E-state index contributed by atoms with van der Waals surface area (Å²) in [6.07, 6.45) is 0. The van der Waals surface area contributed by atoms with Gasteiger partial charge in [-0.25, -0.2) is 4.68 Å². The molecule has 8 heteroatoms. The molecular weight excluding hydrogens is 372 g/mol.